The summed E-state index contributed by atoms with van der Waals surface area (Å²) in [7, 11) is -3.87. The minimum Gasteiger partial charge on any atom is -0.339 e. The first-order chi connectivity index (χ1) is 13.7. The van der Waals surface area contributed by atoms with Crippen LogP contribution in [0.4, 0.5) is 4.39 Å². The molecule has 8 heteroatoms. The zero-order chi connectivity index (χ0) is 21.2. The summed E-state index contributed by atoms with van der Waals surface area (Å²) >= 11 is 6.30. The quantitative estimate of drug-likeness (QED) is 0.670. The van der Waals surface area contributed by atoms with E-state index in [4.69, 9.17) is 11.6 Å². The molecule has 3 rings (SSSR count). The first-order valence-electron chi connectivity index (χ1n) is 9.48. The lowest BCUT2D eigenvalue weighted by Gasteiger charge is -2.39. The second-order valence-corrected chi connectivity index (χ2v) is 9.88. The standard InChI is InChI=1S/C21H24ClFN2O3S/c1-15(19-5-3-4-6-20(19)22)24-11-13-25(14-12-24)21(26)16(2)29(27,28)18-9-7-17(23)8-10-18/h3-10,15-16H,11-14H2,1-2H3. The SMILES string of the molecule is CC(c1ccccc1Cl)N1CCN(C(=O)C(C)S(=O)(=O)c2ccc(F)cc2)CC1. The van der Waals surface area contributed by atoms with Gasteiger partial charge in [0.05, 0.1) is 4.90 Å². The Morgan fingerprint density at radius 2 is 1.59 bits per heavy atom. The lowest BCUT2D eigenvalue weighted by atomic mass is 10.1. The fourth-order valence-corrected chi connectivity index (χ4v) is 5.19. The van der Waals surface area contributed by atoms with Gasteiger partial charge in [0.15, 0.2) is 9.84 Å². The number of sulfone groups is 1. The smallest absolute Gasteiger partial charge is 0.241 e. The van der Waals surface area contributed by atoms with Crippen LogP contribution in [0.5, 0.6) is 0 Å². The maximum Gasteiger partial charge on any atom is 0.241 e. The van der Waals surface area contributed by atoms with Gasteiger partial charge in [0, 0.05) is 37.2 Å². The Hall–Kier alpha value is -1.96. The van der Waals surface area contributed by atoms with E-state index in [0.717, 1.165) is 17.7 Å². The number of nitrogens with zero attached hydrogens (tertiary/aromatic N) is 2. The highest BCUT2D eigenvalue weighted by molar-refractivity contribution is 7.92. The predicted molar refractivity (Wildman–Crippen MR) is 111 cm³/mol. The van der Waals surface area contributed by atoms with Gasteiger partial charge in [-0.3, -0.25) is 9.69 Å². The van der Waals surface area contributed by atoms with Gasteiger partial charge in [-0.1, -0.05) is 29.8 Å². The molecule has 1 fully saturated rings. The van der Waals surface area contributed by atoms with E-state index in [1.54, 1.807) is 4.90 Å². The van der Waals surface area contributed by atoms with E-state index >= 15 is 0 Å². The maximum atomic E-state index is 13.1. The molecule has 1 saturated heterocycles. The predicted octanol–water partition coefficient (Wildman–Crippen LogP) is 3.55. The number of rotatable bonds is 5. The van der Waals surface area contributed by atoms with E-state index in [1.165, 1.54) is 19.1 Å². The van der Waals surface area contributed by atoms with Crippen LogP contribution < -0.4 is 0 Å². The first-order valence-corrected chi connectivity index (χ1v) is 11.4. The van der Waals surface area contributed by atoms with E-state index < -0.39 is 26.8 Å². The molecule has 0 bridgehead atoms. The Balaban J connectivity index is 1.65. The van der Waals surface area contributed by atoms with Gasteiger partial charge < -0.3 is 4.90 Å². The largest absolute Gasteiger partial charge is 0.339 e. The molecule has 29 heavy (non-hydrogen) atoms. The van der Waals surface area contributed by atoms with Gasteiger partial charge >= 0.3 is 0 Å². The van der Waals surface area contributed by atoms with Gasteiger partial charge in [-0.15, -0.1) is 0 Å². The van der Waals surface area contributed by atoms with Crippen LogP contribution >= 0.6 is 11.6 Å². The molecular formula is C21H24ClFN2O3S. The van der Waals surface area contributed by atoms with E-state index in [1.807, 2.05) is 24.3 Å². The number of amides is 1. The maximum absolute atomic E-state index is 13.1. The number of hydrogen-bond donors (Lipinski definition) is 0. The highest BCUT2D eigenvalue weighted by Crippen LogP contribution is 2.28. The molecule has 5 nitrogen and oxygen atoms in total. The lowest BCUT2D eigenvalue weighted by molar-refractivity contribution is -0.132. The Morgan fingerprint density at radius 3 is 2.17 bits per heavy atom. The van der Waals surface area contributed by atoms with E-state index in [2.05, 4.69) is 11.8 Å². The third kappa shape index (κ3) is 4.63. The second kappa shape index (κ2) is 8.81. The number of hydrogen-bond acceptors (Lipinski definition) is 4. The van der Waals surface area contributed by atoms with Gasteiger partial charge in [-0.25, -0.2) is 12.8 Å². The van der Waals surface area contributed by atoms with Gasteiger partial charge in [-0.05, 0) is 49.7 Å². The van der Waals surface area contributed by atoms with Crippen LogP contribution in [-0.4, -0.2) is 55.6 Å². The molecule has 0 radical (unpaired) electrons. The van der Waals surface area contributed by atoms with Crippen molar-refractivity contribution in [3.8, 4) is 0 Å². The van der Waals surface area contributed by atoms with Crippen molar-refractivity contribution < 1.29 is 17.6 Å². The summed E-state index contributed by atoms with van der Waals surface area (Å²) in [4.78, 5) is 16.6. The highest BCUT2D eigenvalue weighted by Gasteiger charge is 2.35. The van der Waals surface area contributed by atoms with Crippen LogP contribution in [0, 0.1) is 5.82 Å². The molecule has 0 spiro atoms. The molecule has 0 aromatic heterocycles. The average Bonchev–Trinajstić information content (AvgIpc) is 2.73. The highest BCUT2D eigenvalue weighted by atomic mass is 35.5. The number of benzene rings is 2. The zero-order valence-electron chi connectivity index (χ0n) is 16.4. The first kappa shape index (κ1) is 21.7. The van der Waals surface area contributed by atoms with Crippen LogP contribution in [-0.2, 0) is 14.6 Å². The topological polar surface area (TPSA) is 57.7 Å². The normalized spacial score (nSPS) is 17.7. The molecule has 1 amide bonds. The number of piperazine rings is 1. The van der Waals surface area contributed by atoms with E-state index in [-0.39, 0.29) is 10.9 Å². The van der Waals surface area contributed by atoms with Crippen LogP contribution in [0.3, 0.4) is 0 Å². The van der Waals surface area contributed by atoms with Gasteiger partial charge in [-0.2, -0.15) is 0 Å². The molecule has 0 saturated carbocycles. The molecule has 1 aliphatic rings. The summed E-state index contributed by atoms with van der Waals surface area (Å²) in [6, 6.07) is 12.3. The minimum absolute atomic E-state index is 0.0503. The Kier molecular flexibility index (Phi) is 6.61. The Morgan fingerprint density at radius 1 is 1.00 bits per heavy atom. The summed E-state index contributed by atoms with van der Waals surface area (Å²) in [6.07, 6.45) is 0. The fraction of sp³-hybridized carbons (Fsp3) is 0.381. The lowest BCUT2D eigenvalue weighted by Crippen LogP contribution is -2.52. The van der Waals surface area contributed by atoms with Crippen molar-refractivity contribution >= 4 is 27.3 Å². The average molecular weight is 439 g/mol. The summed E-state index contributed by atoms with van der Waals surface area (Å²) < 4.78 is 38.5. The second-order valence-electron chi connectivity index (χ2n) is 7.20. The van der Waals surface area contributed by atoms with E-state index in [0.29, 0.717) is 31.2 Å². The van der Waals surface area contributed by atoms with Crippen molar-refractivity contribution in [1.82, 2.24) is 9.80 Å². The van der Waals surface area contributed by atoms with Crippen LogP contribution in [0.1, 0.15) is 25.5 Å². The Bertz CT molecular complexity index is 974. The molecule has 0 N–H and O–H groups in total. The van der Waals surface area contributed by atoms with Crippen LogP contribution in [0.15, 0.2) is 53.4 Å². The van der Waals surface area contributed by atoms with Gasteiger partial charge in [0.1, 0.15) is 11.1 Å². The van der Waals surface area contributed by atoms with Crippen molar-refractivity contribution in [2.45, 2.75) is 30.0 Å². The summed E-state index contributed by atoms with van der Waals surface area (Å²) in [6.45, 7) is 5.59. The molecule has 156 valence electrons. The number of carbonyl (C=O) groups excluding carboxylic acids is 1. The summed E-state index contributed by atoms with van der Waals surface area (Å²) in [5.41, 5.74) is 1.03. The third-order valence-corrected chi connectivity index (χ3v) is 7.89. The van der Waals surface area contributed by atoms with Crippen molar-refractivity contribution in [1.29, 1.82) is 0 Å². The molecule has 2 unspecified atom stereocenters. The number of carbonyl (C=O) groups is 1. The van der Waals surface area contributed by atoms with E-state index in [9.17, 15) is 17.6 Å². The zero-order valence-corrected chi connectivity index (χ0v) is 18.0. The van der Waals surface area contributed by atoms with Crippen molar-refractivity contribution in [2.75, 3.05) is 26.2 Å². The molecule has 2 atom stereocenters. The number of halogens is 2. The van der Waals surface area contributed by atoms with Crippen molar-refractivity contribution in [2.24, 2.45) is 0 Å². The summed E-state index contributed by atoms with van der Waals surface area (Å²) in [5.74, 6) is -0.953. The van der Waals surface area contributed by atoms with Crippen LogP contribution in [0.2, 0.25) is 5.02 Å². The fourth-order valence-electron chi connectivity index (χ4n) is 3.56. The minimum atomic E-state index is -3.87. The Labute approximate surface area is 176 Å². The van der Waals surface area contributed by atoms with Gasteiger partial charge in [0.2, 0.25) is 5.91 Å². The monoisotopic (exact) mass is 438 g/mol. The summed E-state index contributed by atoms with van der Waals surface area (Å²) in [5, 5.41) is -0.516. The molecule has 1 heterocycles. The van der Waals surface area contributed by atoms with Crippen LogP contribution in [0.25, 0.3) is 0 Å². The van der Waals surface area contributed by atoms with Gasteiger partial charge in [0.25, 0.3) is 0 Å². The molecule has 1 aliphatic heterocycles. The van der Waals surface area contributed by atoms with Crippen molar-refractivity contribution in [3.05, 3.63) is 64.9 Å². The molecule has 2 aromatic rings. The van der Waals surface area contributed by atoms with Crippen molar-refractivity contribution in [3.63, 3.8) is 0 Å². The third-order valence-electron chi connectivity index (χ3n) is 5.48. The molecule has 0 aliphatic carbocycles. The molecule has 2 aromatic carbocycles. The molecular weight excluding hydrogens is 415 g/mol.